The molecule has 0 saturated carbocycles. The maximum atomic E-state index is 4.74. The molecule has 0 aliphatic heterocycles. The van der Waals surface area contributed by atoms with E-state index in [-0.39, 0.29) is 0 Å². The van der Waals surface area contributed by atoms with E-state index < -0.39 is 0 Å². The second-order valence-electron chi connectivity index (χ2n) is 1.79. The topological polar surface area (TPSA) is 0 Å². The Morgan fingerprint density at radius 3 is 2.43 bits per heavy atom. The second kappa shape index (κ2) is 4.51. The SMILES string of the molecule is CCC(C)[CH]C[S]. The monoisotopic (exact) mass is 116 g/mol. The van der Waals surface area contributed by atoms with Gasteiger partial charge in [-0.3, -0.25) is 0 Å². The van der Waals surface area contributed by atoms with Crippen LogP contribution in [0.25, 0.3) is 0 Å². The first kappa shape index (κ1) is 7.35. The molecular weight excluding hydrogens is 104 g/mol. The van der Waals surface area contributed by atoms with E-state index in [1.54, 1.807) is 0 Å². The van der Waals surface area contributed by atoms with Crippen LogP contribution in [0.3, 0.4) is 0 Å². The Balaban J connectivity index is 2.83. The normalized spacial score (nSPS) is 14.1. The van der Waals surface area contributed by atoms with Gasteiger partial charge in [0.25, 0.3) is 0 Å². The molecule has 2 radical (unpaired) electrons. The second-order valence-corrected chi connectivity index (χ2v) is 2.12. The summed E-state index contributed by atoms with van der Waals surface area (Å²) in [5.74, 6) is 1.52. The summed E-state index contributed by atoms with van der Waals surface area (Å²) < 4.78 is 0. The van der Waals surface area contributed by atoms with Crippen LogP contribution in [0.5, 0.6) is 0 Å². The van der Waals surface area contributed by atoms with Crippen LogP contribution in [-0.2, 0) is 0 Å². The zero-order valence-corrected chi connectivity index (χ0v) is 5.79. The van der Waals surface area contributed by atoms with E-state index in [0.29, 0.717) is 0 Å². The molecule has 7 heavy (non-hydrogen) atoms. The van der Waals surface area contributed by atoms with E-state index in [0.717, 1.165) is 11.7 Å². The Bertz CT molecular complexity index is 35.2. The standard InChI is InChI=1S/C6H12S/c1-3-6(2)4-5-7/h4,6H,3,5H2,1-2H3. The first-order valence-electron chi connectivity index (χ1n) is 2.72. The average Bonchev–Trinajstić information content (AvgIpc) is 1.68. The Kier molecular flexibility index (Phi) is 4.73. The molecule has 0 amide bonds. The molecule has 0 aromatic heterocycles. The van der Waals surface area contributed by atoms with Gasteiger partial charge in [0.2, 0.25) is 0 Å². The van der Waals surface area contributed by atoms with Gasteiger partial charge in [0.05, 0.1) is 0 Å². The predicted molar refractivity (Wildman–Crippen MR) is 36.2 cm³/mol. The van der Waals surface area contributed by atoms with Crippen molar-refractivity contribution >= 4 is 12.6 Å². The fourth-order valence-corrected chi connectivity index (χ4v) is 0.659. The van der Waals surface area contributed by atoms with Gasteiger partial charge in [0, 0.05) is 5.75 Å². The van der Waals surface area contributed by atoms with Crippen molar-refractivity contribution in [2.45, 2.75) is 20.3 Å². The highest BCUT2D eigenvalue weighted by Gasteiger charge is 1.93. The molecule has 0 bridgehead atoms. The molecule has 0 nitrogen and oxygen atoms in total. The summed E-state index contributed by atoms with van der Waals surface area (Å²) in [5, 5.41) is 0. The first-order valence-corrected chi connectivity index (χ1v) is 3.30. The third-order valence-corrected chi connectivity index (χ3v) is 1.33. The highest BCUT2D eigenvalue weighted by molar-refractivity contribution is 7.80. The molecule has 0 aromatic rings. The van der Waals surface area contributed by atoms with Crippen LogP contribution in [0.2, 0.25) is 0 Å². The summed E-state index contributed by atoms with van der Waals surface area (Å²) in [5.41, 5.74) is 0. The molecular formula is C6H12S. The quantitative estimate of drug-likeness (QED) is 0.531. The Labute approximate surface area is 51.7 Å². The smallest absolute Gasteiger partial charge is 0.00709 e. The van der Waals surface area contributed by atoms with Gasteiger partial charge in [-0.15, -0.1) is 0 Å². The van der Waals surface area contributed by atoms with Crippen LogP contribution in [0, 0.1) is 12.3 Å². The molecule has 0 rings (SSSR count). The van der Waals surface area contributed by atoms with Crippen molar-refractivity contribution < 1.29 is 0 Å². The molecule has 0 fully saturated rings. The predicted octanol–water partition coefficient (Wildman–Crippen LogP) is 2.43. The molecule has 1 heteroatoms. The molecule has 0 heterocycles. The Hall–Kier alpha value is 0.350. The van der Waals surface area contributed by atoms with Gasteiger partial charge in [-0.25, -0.2) is 0 Å². The molecule has 0 aliphatic carbocycles. The molecule has 1 atom stereocenters. The fraction of sp³-hybridized carbons (Fsp3) is 0.833. The van der Waals surface area contributed by atoms with Crippen LogP contribution < -0.4 is 0 Å². The zero-order chi connectivity index (χ0) is 5.70. The first-order chi connectivity index (χ1) is 3.31. The average molecular weight is 116 g/mol. The maximum Gasteiger partial charge on any atom is 0.00709 e. The lowest BCUT2D eigenvalue weighted by Crippen LogP contribution is -1.92. The minimum Gasteiger partial charge on any atom is -0.0938 e. The molecule has 0 N–H and O–H groups in total. The van der Waals surface area contributed by atoms with Crippen LogP contribution >= 0.6 is 12.6 Å². The summed E-state index contributed by atoms with van der Waals surface area (Å²) in [6.07, 6.45) is 3.38. The summed E-state index contributed by atoms with van der Waals surface area (Å²) in [6, 6.07) is 0. The summed E-state index contributed by atoms with van der Waals surface area (Å²) in [4.78, 5) is 0. The van der Waals surface area contributed by atoms with Gasteiger partial charge >= 0.3 is 0 Å². The third kappa shape index (κ3) is 4.20. The van der Waals surface area contributed by atoms with Crippen molar-refractivity contribution in [1.29, 1.82) is 0 Å². The maximum absolute atomic E-state index is 4.74. The van der Waals surface area contributed by atoms with Gasteiger partial charge in [0.15, 0.2) is 0 Å². The Morgan fingerprint density at radius 1 is 1.71 bits per heavy atom. The molecule has 0 saturated heterocycles. The van der Waals surface area contributed by atoms with E-state index in [2.05, 4.69) is 20.3 Å². The lowest BCUT2D eigenvalue weighted by Gasteiger charge is -2.01. The number of rotatable bonds is 3. The van der Waals surface area contributed by atoms with Crippen LogP contribution in [0.4, 0.5) is 0 Å². The van der Waals surface area contributed by atoms with Crippen molar-refractivity contribution in [2.75, 3.05) is 5.75 Å². The van der Waals surface area contributed by atoms with E-state index in [9.17, 15) is 0 Å². The molecule has 0 aromatic carbocycles. The van der Waals surface area contributed by atoms with Crippen molar-refractivity contribution in [3.63, 3.8) is 0 Å². The summed E-state index contributed by atoms with van der Waals surface area (Å²) >= 11 is 4.74. The molecule has 0 spiro atoms. The van der Waals surface area contributed by atoms with E-state index >= 15 is 0 Å². The number of hydrogen-bond acceptors (Lipinski definition) is 0. The van der Waals surface area contributed by atoms with Crippen LogP contribution in [0.1, 0.15) is 20.3 Å². The highest BCUT2D eigenvalue weighted by atomic mass is 32.1. The van der Waals surface area contributed by atoms with E-state index in [1.165, 1.54) is 6.42 Å². The van der Waals surface area contributed by atoms with Gasteiger partial charge in [-0.1, -0.05) is 32.9 Å². The molecule has 0 aliphatic rings. The summed E-state index contributed by atoms with van der Waals surface area (Å²) in [6.45, 7) is 4.36. The van der Waals surface area contributed by atoms with Crippen molar-refractivity contribution in [2.24, 2.45) is 5.92 Å². The summed E-state index contributed by atoms with van der Waals surface area (Å²) in [7, 11) is 0. The minimum absolute atomic E-state index is 0.720. The van der Waals surface area contributed by atoms with Crippen molar-refractivity contribution in [3.05, 3.63) is 6.42 Å². The fourth-order valence-electron chi connectivity index (χ4n) is 0.331. The van der Waals surface area contributed by atoms with E-state index in [4.69, 9.17) is 12.6 Å². The van der Waals surface area contributed by atoms with Crippen LogP contribution in [0.15, 0.2) is 0 Å². The van der Waals surface area contributed by atoms with Crippen molar-refractivity contribution in [1.82, 2.24) is 0 Å². The molecule has 1 unspecified atom stereocenters. The van der Waals surface area contributed by atoms with Gasteiger partial charge in [-0.05, 0) is 12.3 Å². The molecule has 42 valence electrons. The van der Waals surface area contributed by atoms with Crippen LogP contribution in [-0.4, -0.2) is 5.75 Å². The third-order valence-electron chi connectivity index (χ3n) is 1.14. The largest absolute Gasteiger partial charge is 0.0938 e. The van der Waals surface area contributed by atoms with Crippen molar-refractivity contribution in [3.8, 4) is 0 Å². The minimum atomic E-state index is 0.720. The van der Waals surface area contributed by atoms with Gasteiger partial charge < -0.3 is 0 Å². The lowest BCUT2D eigenvalue weighted by molar-refractivity contribution is 0.652. The van der Waals surface area contributed by atoms with E-state index in [1.807, 2.05) is 0 Å². The van der Waals surface area contributed by atoms with Gasteiger partial charge in [-0.2, -0.15) is 0 Å². The number of hydrogen-bond donors (Lipinski definition) is 0. The zero-order valence-electron chi connectivity index (χ0n) is 4.98. The lowest BCUT2D eigenvalue weighted by atomic mass is 10.1. The highest BCUT2D eigenvalue weighted by Crippen LogP contribution is 2.04. The Morgan fingerprint density at radius 2 is 2.29 bits per heavy atom. The van der Waals surface area contributed by atoms with Gasteiger partial charge in [0.1, 0.15) is 0 Å².